The summed E-state index contributed by atoms with van der Waals surface area (Å²) in [5.41, 5.74) is -0.733. The van der Waals surface area contributed by atoms with Gasteiger partial charge in [0.2, 0.25) is 0 Å². The molecular weight excluding hydrogens is 258 g/mol. The van der Waals surface area contributed by atoms with Crippen molar-refractivity contribution in [2.45, 2.75) is 32.0 Å². The van der Waals surface area contributed by atoms with Gasteiger partial charge < -0.3 is 5.32 Å². The van der Waals surface area contributed by atoms with Crippen molar-refractivity contribution in [3.8, 4) is 0 Å². The fourth-order valence-corrected chi connectivity index (χ4v) is 1.80. The second kappa shape index (κ2) is 6.70. The molecule has 1 atom stereocenters. The van der Waals surface area contributed by atoms with Gasteiger partial charge in [0.1, 0.15) is 5.82 Å². The van der Waals surface area contributed by atoms with Crippen molar-refractivity contribution in [3.05, 3.63) is 47.8 Å². The van der Waals surface area contributed by atoms with Crippen LogP contribution in [0.2, 0.25) is 0 Å². The molecule has 1 aromatic carbocycles. The van der Waals surface area contributed by atoms with E-state index in [1.54, 1.807) is 6.08 Å². The second-order valence-electron chi connectivity index (χ2n) is 4.27. The molecule has 106 valence electrons. The lowest BCUT2D eigenvalue weighted by Gasteiger charge is -2.18. The zero-order chi connectivity index (χ0) is 14.5. The SMILES string of the molecule is C=CCC(NCCC)c1ccc(C(F)(F)F)c(F)c1. The lowest BCUT2D eigenvalue weighted by atomic mass is 10.0. The zero-order valence-corrected chi connectivity index (χ0v) is 10.7. The first-order valence-electron chi connectivity index (χ1n) is 6.11. The van der Waals surface area contributed by atoms with Gasteiger partial charge in [0, 0.05) is 6.04 Å². The third-order valence-electron chi connectivity index (χ3n) is 2.74. The highest BCUT2D eigenvalue weighted by molar-refractivity contribution is 5.29. The van der Waals surface area contributed by atoms with Gasteiger partial charge in [-0.2, -0.15) is 13.2 Å². The Kier molecular flexibility index (Phi) is 5.54. The molecule has 0 aliphatic heterocycles. The fraction of sp³-hybridized carbons (Fsp3) is 0.429. The molecule has 1 N–H and O–H groups in total. The maximum Gasteiger partial charge on any atom is 0.419 e. The molecule has 19 heavy (non-hydrogen) atoms. The van der Waals surface area contributed by atoms with Crippen LogP contribution >= 0.6 is 0 Å². The second-order valence-corrected chi connectivity index (χ2v) is 4.27. The van der Waals surface area contributed by atoms with Crippen LogP contribution in [0.3, 0.4) is 0 Å². The average Bonchev–Trinajstić information content (AvgIpc) is 2.32. The van der Waals surface area contributed by atoms with E-state index < -0.39 is 17.6 Å². The van der Waals surface area contributed by atoms with Crippen LogP contribution in [0.4, 0.5) is 17.6 Å². The van der Waals surface area contributed by atoms with E-state index in [9.17, 15) is 17.6 Å². The van der Waals surface area contributed by atoms with Crippen LogP contribution in [0, 0.1) is 5.82 Å². The van der Waals surface area contributed by atoms with Crippen molar-refractivity contribution in [1.82, 2.24) is 5.32 Å². The number of halogens is 4. The average molecular weight is 275 g/mol. The molecule has 1 unspecified atom stereocenters. The van der Waals surface area contributed by atoms with Crippen molar-refractivity contribution < 1.29 is 17.6 Å². The number of rotatable bonds is 6. The first-order chi connectivity index (χ1) is 8.90. The predicted octanol–water partition coefficient (Wildman–Crippen LogP) is 4.46. The Morgan fingerprint density at radius 1 is 1.37 bits per heavy atom. The normalized spacial score (nSPS) is 13.3. The first-order valence-corrected chi connectivity index (χ1v) is 6.11. The Morgan fingerprint density at radius 2 is 2.05 bits per heavy atom. The summed E-state index contributed by atoms with van der Waals surface area (Å²) in [5, 5.41) is 3.15. The number of benzene rings is 1. The van der Waals surface area contributed by atoms with Gasteiger partial charge in [-0.15, -0.1) is 6.58 Å². The van der Waals surface area contributed by atoms with E-state index in [0.29, 0.717) is 18.5 Å². The topological polar surface area (TPSA) is 12.0 Å². The summed E-state index contributed by atoms with van der Waals surface area (Å²) in [6.07, 6.45) is -1.59. The number of alkyl halides is 3. The number of hydrogen-bond donors (Lipinski definition) is 1. The first kappa shape index (κ1) is 15.7. The minimum absolute atomic E-state index is 0.214. The Hall–Kier alpha value is -1.36. The summed E-state index contributed by atoms with van der Waals surface area (Å²) in [5.74, 6) is -1.24. The van der Waals surface area contributed by atoms with Crippen LogP contribution in [0.5, 0.6) is 0 Å². The van der Waals surface area contributed by atoms with E-state index in [1.807, 2.05) is 6.92 Å². The van der Waals surface area contributed by atoms with E-state index in [2.05, 4.69) is 11.9 Å². The highest BCUT2D eigenvalue weighted by atomic mass is 19.4. The summed E-state index contributed by atoms with van der Waals surface area (Å²) in [7, 11) is 0. The molecular formula is C14H17F4N. The van der Waals surface area contributed by atoms with Crippen LogP contribution < -0.4 is 5.32 Å². The van der Waals surface area contributed by atoms with Gasteiger partial charge >= 0.3 is 6.18 Å². The van der Waals surface area contributed by atoms with Crippen LogP contribution in [0.15, 0.2) is 30.9 Å². The quantitative estimate of drug-likeness (QED) is 0.597. The molecule has 5 heteroatoms. The highest BCUT2D eigenvalue weighted by Gasteiger charge is 2.34. The summed E-state index contributed by atoms with van der Waals surface area (Å²) in [4.78, 5) is 0. The Labute approximate surface area is 110 Å². The number of nitrogens with one attached hydrogen (secondary N) is 1. The van der Waals surface area contributed by atoms with Crippen molar-refractivity contribution in [2.75, 3.05) is 6.54 Å². The largest absolute Gasteiger partial charge is 0.419 e. The van der Waals surface area contributed by atoms with Crippen LogP contribution in [-0.2, 0) is 6.18 Å². The van der Waals surface area contributed by atoms with E-state index in [0.717, 1.165) is 18.6 Å². The van der Waals surface area contributed by atoms with Gasteiger partial charge in [0.05, 0.1) is 5.56 Å². The van der Waals surface area contributed by atoms with Crippen LogP contribution in [0.25, 0.3) is 0 Å². The standard InChI is InChI=1S/C14H17F4N/c1-3-5-13(19-8-4-2)10-6-7-11(12(15)9-10)14(16,17)18/h3,6-7,9,13,19H,1,4-5,8H2,2H3. The predicted molar refractivity (Wildman–Crippen MR) is 67.3 cm³/mol. The van der Waals surface area contributed by atoms with Crippen molar-refractivity contribution in [2.24, 2.45) is 0 Å². The molecule has 0 radical (unpaired) electrons. The molecule has 0 saturated carbocycles. The molecule has 0 aliphatic carbocycles. The van der Waals surface area contributed by atoms with E-state index in [4.69, 9.17) is 0 Å². The van der Waals surface area contributed by atoms with E-state index in [-0.39, 0.29) is 6.04 Å². The third kappa shape index (κ3) is 4.35. The van der Waals surface area contributed by atoms with Gasteiger partial charge in [-0.05, 0) is 37.1 Å². The summed E-state index contributed by atoms with van der Waals surface area (Å²) in [6.45, 7) is 6.29. The van der Waals surface area contributed by atoms with Crippen molar-refractivity contribution in [3.63, 3.8) is 0 Å². The van der Waals surface area contributed by atoms with Gasteiger partial charge in [0.25, 0.3) is 0 Å². The van der Waals surface area contributed by atoms with Crippen LogP contribution in [-0.4, -0.2) is 6.54 Å². The van der Waals surface area contributed by atoms with Crippen LogP contribution in [0.1, 0.15) is 36.9 Å². The van der Waals surface area contributed by atoms with E-state index in [1.165, 1.54) is 6.07 Å². The molecule has 0 fully saturated rings. The van der Waals surface area contributed by atoms with Gasteiger partial charge in [0.15, 0.2) is 0 Å². The number of hydrogen-bond acceptors (Lipinski definition) is 1. The highest BCUT2D eigenvalue weighted by Crippen LogP contribution is 2.32. The van der Waals surface area contributed by atoms with Gasteiger partial charge in [-0.3, -0.25) is 0 Å². The molecule has 1 rings (SSSR count). The van der Waals surface area contributed by atoms with Gasteiger partial charge in [-0.1, -0.05) is 19.1 Å². The molecule has 0 aliphatic rings. The molecule has 0 amide bonds. The molecule has 0 saturated heterocycles. The molecule has 0 spiro atoms. The molecule has 0 bridgehead atoms. The Balaban J connectivity index is 2.99. The monoisotopic (exact) mass is 275 g/mol. The fourth-order valence-electron chi connectivity index (χ4n) is 1.80. The zero-order valence-electron chi connectivity index (χ0n) is 10.7. The summed E-state index contributed by atoms with van der Waals surface area (Å²) < 4.78 is 50.9. The lowest BCUT2D eigenvalue weighted by Crippen LogP contribution is -2.22. The molecule has 0 aromatic heterocycles. The lowest BCUT2D eigenvalue weighted by molar-refractivity contribution is -0.140. The Morgan fingerprint density at radius 3 is 2.53 bits per heavy atom. The minimum atomic E-state index is -4.66. The minimum Gasteiger partial charge on any atom is -0.310 e. The Bertz CT molecular complexity index is 426. The van der Waals surface area contributed by atoms with Crippen molar-refractivity contribution in [1.29, 1.82) is 0 Å². The maximum atomic E-state index is 13.5. The molecule has 0 heterocycles. The maximum absolute atomic E-state index is 13.5. The summed E-state index contributed by atoms with van der Waals surface area (Å²) >= 11 is 0. The summed E-state index contributed by atoms with van der Waals surface area (Å²) in [6, 6.07) is 2.82. The third-order valence-corrected chi connectivity index (χ3v) is 2.74. The van der Waals surface area contributed by atoms with E-state index >= 15 is 0 Å². The van der Waals surface area contributed by atoms with Crippen molar-refractivity contribution >= 4 is 0 Å². The molecule has 1 nitrogen and oxygen atoms in total. The smallest absolute Gasteiger partial charge is 0.310 e. The van der Waals surface area contributed by atoms with Gasteiger partial charge in [-0.25, -0.2) is 4.39 Å². The molecule has 1 aromatic rings.